The fourth-order valence-electron chi connectivity index (χ4n) is 10.9. The predicted molar refractivity (Wildman–Crippen MR) is 300 cm³/mol. The molecule has 4 aliphatic rings. The molecule has 10 atom stereocenters. The molecule has 3 heterocycles. The van der Waals surface area contributed by atoms with Crippen LogP contribution in [0.15, 0.2) is 36.4 Å². The van der Waals surface area contributed by atoms with Crippen LogP contribution in [0.1, 0.15) is 130 Å². The third kappa shape index (κ3) is 17.0. The molecule has 1 saturated carbocycles. The smallest absolute Gasteiger partial charge is 0.410 e. The molecule has 6 rings (SSSR count). The molecule has 0 aromatic heterocycles. The number of fused-ring (bicyclic) bond motifs is 2. The summed E-state index contributed by atoms with van der Waals surface area (Å²) in [5.41, 5.74) is -2.81. The van der Waals surface area contributed by atoms with E-state index in [1.54, 1.807) is 74.1 Å². The van der Waals surface area contributed by atoms with Crippen molar-refractivity contribution in [3.8, 4) is 11.5 Å². The summed E-state index contributed by atoms with van der Waals surface area (Å²) in [6.45, 7) is 27.0. The van der Waals surface area contributed by atoms with E-state index >= 15 is 0 Å². The number of amides is 7. The maximum Gasteiger partial charge on any atom is 0.410 e. The van der Waals surface area contributed by atoms with E-state index in [0.29, 0.717) is 18.9 Å². The molecular weight excluding hydrogens is 1090 g/mol. The number of nitrogens with one attached hydrogen (secondary N) is 2. The van der Waals surface area contributed by atoms with Crippen LogP contribution in [0.3, 0.4) is 0 Å². The minimum atomic E-state index is -1.08. The average Bonchev–Trinajstić information content (AvgIpc) is 4.21. The van der Waals surface area contributed by atoms with E-state index in [2.05, 4.69) is 10.6 Å². The van der Waals surface area contributed by atoms with Crippen molar-refractivity contribution in [2.75, 3.05) is 46.9 Å². The molecular formula is C60H87F4N7O12. The van der Waals surface area contributed by atoms with Crippen LogP contribution in [-0.4, -0.2) is 172 Å². The number of hydrogen-bond donors (Lipinski definition) is 2. The largest absolute Gasteiger partial charge is 0.493 e. The van der Waals surface area contributed by atoms with E-state index in [9.17, 15) is 55.9 Å². The second-order valence-corrected chi connectivity index (χ2v) is 26.5. The molecule has 462 valence electrons. The number of benzene rings is 2. The zero-order valence-corrected chi connectivity index (χ0v) is 51.2. The number of halogens is 4. The van der Waals surface area contributed by atoms with E-state index in [4.69, 9.17) is 18.9 Å². The van der Waals surface area contributed by atoms with Gasteiger partial charge in [0.05, 0.1) is 25.3 Å². The molecule has 2 aromatic rings. The monoisotopic (exact) mass is 1170 g/mol. The number of Topliss-reactive ketones (excluding diaryl/α,β-unsaturated/α-hetero) is 1. The first-order chi connectivity index (χ1) is 38.2. The molecule has 19 nitrogen and oxygen atoms in total. The lowest BCUT2D eigenvalue weighted by atomic mass is 9.85. The van der Waals surface area contributed by atoms with Gasteiger partial charge in [0.15, 0.2) is 23.3 Å². The molecule has 2 aromatic carbocycles. The van der Waals surface area contributed by atoms with Crippen LogP contribution in [0.4, 0.5) is 27.2 Å². The normalized spacial score (nSPS) is 21.9. The maximum absolute atomic E-state index is 14.2. The molecule has 0 spiro atoms. The van der Waals surface area contributed by atoms with Gasteiger partial charge in [-0.2, -0.15) is 0 Å². The Hall–Kier alpha value is -6.68. The van der Waals surface area contributed by atoms with Crippen molar-refractivity contribution >= 4 is 47.5 Å². The molecule has 0 bridgehead atoms. The van der Waals surface area contributed by atoms with Crippen LogP contribution >= 0.6 is 0 Å². The Morgan fingerprint density at radius 3 is 1.37 bits per heavy atom. The Labute approximate surface area is 485 Å². The Balaban J connectivity index is 0.000000306. The summed E-state index contributed by atoms with van der Waals surface area (Å²) in [5, 5.41) is 5.73. The van der Waals surface area contributed by atoms with E-state index < -0.39 is 123 Å². The van der Waals surface area contributed by atoms with Gasteiger partial charge in [0.25, 0.3) is 5.91 Å². The maximum atomic E-state index is 14.2. The van der Waals surface area contributed by atoms with Gasteiger partial charge in [-0.05, 0) is 122 Å². The highest BCUT2D eigenvalue weighted by Gasteiger charge is 2.55. The number of carbonyl (C=O) groups is 8. The van der Waals surface area contributed by atoms with Crippen molar-refractivity contribution in [3.05, 3.63) is 59.7 Å². The molecule has 83 heavy (non-hydrogen) atoms. The topological polar surface area (TPSA) is 214 Å². The van der Waals surface area contributed by atoms with Gasteiger partial charge in [0.2, 0.25) is 29.4 Å². The van der Waals surface area contributed by atoms with Gasteiger partial charge in [0.1, 0.15) is 46.9 Å². The van der Waals surface area contributed by atoms with Crippen LogP contribution in [-0.2, 0) is 38.2 Å². The summed E-state index contributed by atoms with van der Waals surface area (Å²) in [6, 6.07) is 1.87. The number of ketones is 1. The Kier molecular flexibility index (Phi) is 21.4. The Morgan fingerprint density at radius 1 is 0.566 bits per heavy atom. The minimum Gasteiger partial charge on any atom is -0.493 e. The van der Waals surface area contributed by atoms with Crippen LogP contribution in [0, 0.1) is 51.9 Å². The van der Waals surface area contributed by atoms with Crippen molar-refractivity contribution in [2.24, 2.45) is 28.6 Å². The van der Waals surface area contributed by atoms with Gasteiger partial charge < -0.3 is 44.3 Å². The molecule has 3 aliphatic heterocycles. The van der Waals surface area contributed by atoms with Gasteiger partial charge in [-0.1, -0.05) is 41.5 Å². The first-order valence-corrected chi connectivity index (χ1v) is 28.3. The molecule has 23 heteroatoms. The van der Waals surface area contributed by atoms with Crippen molar-refractivity contribution in [1.82, 2.24) is 35.1 Å². The number of ether oxygens (including phenoxy) is 4. The highest BCUT2D eigenvalue weighted by Crippen LogP contribution is 2.43. The van der Waals surface area contributed by atoms with Crippen LogP contribution in [0.25, 0.3) is 0 Å². The second-order valence-electron chi connectivity index (χ2n) is 26.5. The molecule has 0 unspecified atom stereocenters. The highest BCUT2D eigenvalue weighted by molar-refractivity contribution is 6.35. The van der Waals surface area contributed by atoms with Crippen LogP contribution in [0.2, 0.25) is 0 Å². The zero-order valence-electron chi connectivity index (χ0n) is 51.2. The third-order valence-corrected chi connectivity index (χ3v) is 15.6. The number of likely N-dealkylation sites (tertiary alicyclic amines) is 3. The van der Waals surface area contributed by atoms with Gasteiger partial charge in [-0.3, -0.25) is 38.6 Å². The van der Waals surface area contributed by atoms with Gasteiger partial charge >= 0.3 is 12.2 Å². The second kappa shape index (κ2) is 26.5. The number of nitrogens with zero attached hydrogens (tertiary/aromatic N) is 5. The molecule has 1 aliphatic carbocycles. The minimum absolute atomic E-state index is 0.0307. The zero-order chi connectivity index (χ0) is 62.6. The summed E-state index contributed by atoms with van der Waals surface area (Å²) in [7, 11) is 2.93. The van der Waals surface area contributed by atoms with Gasteiger partial charge in [-0.15, -0.1) is 0 Å². The van der Waals surface area contributed by atoms with Gasteiger partial charge in [-0.25, -0.2) is 27.2 Å². The lowest BCUT2D eigenvalue weighted by molar-refractivity contribution is -0.144. The summed E-state index contributed by atoms with van der Waals surface area (Å²) in [4.78, 5) is 112. The first-order valence-electron chi connectivity index (χ1n) is 28.3. The van der Waals surface area contributed by atoms with Crippen molar-refractivity contribution in [1.29, 1.82) is 0 Å². The van der Waals surface area contributed by atoms with Crippen molar-refractivity contribution in [2.45, 2.75) is 183 Å². The molecule has 2 N–H and O–H groups in total. The summed E-state index contributed by atoms with van der Waals surface area (Å²) >= 11 is 0. The van der Waals surface area contributed by atoms with E-state index in [1.165, 1.54) is 49.9 Å². The van der Waals surface area contributed by atoms with Crippen LogP contribution in [0.5, 0.6) is 11.5 Å². The lowest BCUT2D eigenvalue weighted by Gasteiger charge is -2.38. The standard InChI is InChI=1S/C31H44F2N4O7.C29H43F2N3O5/c1-17(35(9)29(42)44-31(6,7)8)26(39)34-25(30(3,4)5)28(41)36-13-12-23-24(36)19(15-37(23)27(40)18(2)38)16-43-20-10-11-21(32)22(33)14-20;1-17(33(8)27(37)39-29(5,6)7)25(35)32-24(28(2,3)4)26(36)34-14-13-18-9-10-19(23(18)34)16-38-20-11-12-21(30)22(31)15-20/h10-11,14,17,19,23-25H,12-13,15-16H2,1-9H3,(H,34,39);11-12,15,17-19,23-24H,9-10,13-14,16H2,1-8H3,(H,32,35)/t17-,19+,23+,24+,25+;17-,18+,19+,23-,24+/m00/s1. The number of likely N-dealkylation sites (N-methyl/N-ethyl adjacent to an activating group) is 2. The van der Waals surface area contributed by atoms with E-state index in [-0.39, 0.29) is 61.6 Å². The number of rotatable bonds is 15. The quantitative estimate of drug-likeness (QED) is 0.129. The van der Waals surface area contributed by atoms with E-state index in [0.717, 1.165) is 48.4 Å². The summed E-state index contributed by atoms with van der Waals surface area (Å²) < 4.78 is 76.4. The van der Waals surface area contributed by atoms with Crippen molar-refractivity contribution in [3.63, 3.8) is 0 Å². The van der Waals surface area contributed by atoms with Crippen LogP contribution < -0.4 is 20.1 Å². The molecule has 0 radical (unpaired) electrons. The molecule has 4 fully saturated rings. The Morgan fingerprint density at radius 2 is 0.976 bits per heavy atom. The number of carbonyl (C=O) groups excluding carboxylic acids is 8. The number of hydrogen-bond acceptors (Lipinski definition) is 12. The third-order valence-electron chi connectivity index (χ3n) is 15.6. The molecule has 7 amide bonds. The molecule has 3 saturated heterocycles. The summed E-state index contributed by atoms with van der Waals surface area (Å²) in [5.74, 6) is -6.66. The SMILES string of the molecule is CC(=O)C(=O)N1C[C@H](COc2ccc(F)c(F)c2)[C@@H]2[C@H]1CCN2C(=O)[C@@H](NC(=O)[C@H](C)N(C)C(=O)OC(C)(C)C)C(C)(C)C.C[C@@H](C(=O)N[C@H](C(=O)N1CC[C@H]2CC[C@H](COc3ccc(F)c(F)c3)[C@H]21)C(C)(C)C)N(C)C(=O)OC(C)(C)C. The fraction of sp³-hybridized carbons (Fsp3) is 0.667. The predicted octanol–water partition coefficient (Wildman–Crippen LogP) is 7.90. The lowest BCUT2D eigenvalue weighted by Crippen LogP contribution is -2.60. The fourth-order valence-corrected chi connectivity index (χ4v) is 10.9. The van der Waals surface area contributed by atoms with Crippen molar-refractivity contribution < 1.29 is 74.9 Å². The summed E-state index contributed by atoms with van der Waals surface area (Å²) in [6.07, 6.45) is 1.75. The van der Waals surface area contributed by atoms with Gasteiger partial charge in [0, 0.05) is 70.7 Å². The average molecular weight is 1170 g/mol. The highest BCUT2D eigenvalue weighted by atomic mass is 19.2. The van der Waals surface area contributed by atoms with E-state index in [1.807, 2.05) is 25.7 Å². The Bertz CT molecular complexity index is 2720. The first kappa shape index (κ1) is 67.1.